The van der Waals surface area contributed by atoms with Gasteiger partial charge in [-0.05, 0) is 6.42 Å². The molecule has 3 amide bonds. The van der Waals surface area contributed by atoms with Crippen LogP contribution in [0.3, 0.4) is 0 Å². The lowest BCUT2D eigenvalue weighted by Crippen LogP contribution is -2.37. The van der Waals surface area contributed by atoms with Crippen LogP contribution in [0.25, 0.3) is 0 Å². The number of carbonyl (C=O) groups excluding carboxylic acids is 2. The summed E-state index contributed by atoms with van der Waals surface area (Å²) in [6, 6.07) is 0.378. The maximum absolute atomic E-state index is 11.5. The van der Waals surface area contributed by atoms with Crippen LogP contribution in [0.4, 0.5) is 4.79 Å². The fraction of sp³-hybridized carbons (Fsp3) is 0.800. The lowest BCUT2D eigenvalue weighted by molar-refractivity contribution is -0.128. The van der Waals surface area contributed by atoms with Crippen LogP contribution >= 0.6 is 11.8 Å². The van der Waals surface area contributed by atoms with Gasteiger partial charge in [0.1, 0.15) is 0 Å². The van der Waals surface area contributed by atoms with Gasteiger partial charge in [0.05, 0.1) is 12.1 Å². The van der Waals surface area contributed by atoms with Crippen LogP contribution in [0.2, 0.25) is 0 Å². The molecule has 0 aliphatic carbocycles. The minimum atomic E-state index is -0.0702. The highest BCUT2D eigenvalue weighted by atomic mass is 32.2. The van der Waals surface area contributed by atoms with Gasteiger partial charge in [-0.1, -0.05) is 0 Å². The Morgan fingerprint density at radius 1 is 1.50 bits per heavy atom. The molecule has 0 spiro atoms. The zero-order valence-corrected chi connectivity index (χ0v) is 10.3. The largest absolute Gasteiger partial charge is 0.349 e. The summed E-state index contributed by atoms with van der Waals surface area (Å²) in [4.78, 5) is 24.2. The standard InChI is InChI=1S/C10H17N3O2S/c1-13(2)8(14)4-3-7-9-6(5-16-7)11-10(15)12-9/h6-7,9H,3-5H2,1-2H3,(H2,11,12,15)/t6-,7-,9-/m1/s1. The van der Waals surface area contributed by atoms with Crippen LogP contribution in [0, 0.1) is 0 Å². The molecular weight excluding hydrogens is 226 g/mol. The van der Waals surface area contributed by atoms with E-state index in [9.17, 15) is 9.59 Å². The molecule has 0 unspecified atom stereocenters. The third-order valence-electron chi connectivity index (χ3n) is 3.08. The number of hydrogen-bond donors (Lipinski definition) is 2. The number of fused-ring (bicyclic) bond motifs is 1. The number of rotatable bonds is 3. The van der Waals surface area contributed by atoms with Gasteiger partial charge in [-0.25, -0.2) is 4.79 Å². The number of nitrogens with zero attached hydrogens (tertiary/aromatic N) is 1. The predicted octanol–water partition coefficient (Wildman–Crippen LogP) is 0.0202. The zero-order chi connectivity index (χ0) is 11.7. The molecule has 2 N–H and O–H groups in total. The van der Waals surface area contributed by atoms with Crippen LogP contribution in [0.5, 0.6) is 0 Å². The molecule has 0 aromatic rings. The highest BCUT2D eigenvalue weighted by Crippen LogP contribution is 2.32. The van der Waals surface area contributed by atoms with Crippen LogP contribution in [0.15, 0.2) is 0 Å². The highest BCUT2D eigenvalue weighted by Gasteiger charge is 2.42. The Hall–Kier alpha value is -0.910. The van der Waals surface area contributed by atoms with Crippen molar-refractivity contribution in [2.24, 2.45) is 0 Å². The monoisotopic (exact) mass is 243 g/mol. The maximum Gasteiger partial charge on any atom is 0.315 e. The van der Waals surface area contributed by atoms with Crippen LogP contribution in [-0.4, -0.2) is 54.0 Å². The molecule has 3 atom stereocenters. The van der Waals surface area contributed by atoms with Crippen molar-refractivity contribution < 1.29 is 9.59 Å². The molecule has 2 saturated heterocycles. The average molecular weight is 243 g/mol. The first-order chi connectivity index (χ1) is 7.58. The number of carbonyl (C=O) groups is 2. The van der Waals surface area contributed by atoms with Crippen molar-refractivity contribution in [1.82, 2.24) is 15.5 Å². The number of nitrogens with one attached hydrogen (secondary N) is 2. The van der Waals surface area contributed by atoms with Crippen molar-refractivity contribution in [3.8, 4) is 0 Å². The van der Waals surface area contributed by atoms with Crippen molar-refractivity contribution in [2.45, 2.75) is 30.2 Å². The topological polar surface area (TPSA) is 61.4 Å². The van der Waals surface area contributed by atoms with E-state index in [1.807, 2.05) is 11.8 Å². The Labute approximate surface area is 99.3 Å². The molecule has 0 saturated carbocycles. The van der Waals surface area contributed by atoms with Crippen molar-refractivity contribution in [1.29, 1.82) is 0 Å². The molecule has 2 fully saturated rings. The normalized spacial score (nSPS) is 31.9. The molecule has 2 aliphatic rings. The van der Waals surface area contributed by atoms with Gasteiger partial charge in [-0.2, -0.15) is 11.8 Å². The Balaban J connectivity index is 1.83. The van der Waals surface area contributed by atoms with Gasteiger partial charge in [0, 0.05) is 31.5 Å². The van der Waals surface area contributed by atoms with E-state index in [0.29, 0.717) is 11.7 Å². The summed E-state index contributed by atoms with van der Waals surface area (Å²) in [5, 5.41) is 6.18. The van der Waals surface area contributed by atoms with Gasteiger partial charge in [-0.3, -0.25) is 4.79 Å². The summed E-state index contributed by atoms with van der Waals surface area (Å²) in [5.74, 6) is 1.10. The maximum atomic E-state index is 11.5. The third-order valence-corrected chi connectivity index (χ3v) is 4.59. The molecule has 90 valence electrons. The molecule has 2 rings (SSSR count). The van der Waals surface area contributed by atoms with E-state index in [0.717, 1.165) is 12.2 Å². The molecule has 16 heavy (non-hydrogen) atoms. The SMILES string of the molecule is CN(C)C(=O)CC[C@H]1SC[C@H]2NC(=O)N[C@H]21. The molecular formula is C10H17N3O2S. The first-order valence-corrected chi connectivity index (χ1v) is 6.51. The molecule has 2 aliphatic heterocycles. The molecule has 2 heterocycles. The number of thioether (sulfide) groups is 1. The summed E-state index contributed by atoms with van der Waals surface area (Å²) >= 11 is 1.84. The first kappa shape index (κ1) is 11.6. The number of amides is 3. The Bertz CT molecular complexity index is 308. The van der Waals surface area contributed by atoms with Crippen molar-refractivity contribution in [3.63, 3.8) is 0 Å². The summed E-state index contributed by atoms with van der Waals surface area (Å²) in [7, 11) is 3.54. The van der Waals surface area contributed by atoms with E-state index >= 15 is 0 Å². The number of urea groups is 1. The van der Waals surface area contributed by atoms with Crippen molar-refractivity contribution >= 4 is 23.7 Å². The molecule has 0 bridgehead atoms. The van der Waals surface area contributed by atoms with Gasteiger partial charge in [0.25, 0.3) is 0 Å². The van der Waals surface area contributed by atoms with E-state index in [1.54, 1.807) is 19.0 Å². The second kappa shape index (κ2) is 4.53. The smallest absolute Gasteiger partial charge is 0.315 e. The second-order valence-corrected chi connectivity index (χ2v) is 5.72. The van der Waals surface area contributed by atoms with Crippen molar-refractivity contribution in [2.75, 3.05) is 19.8 Å². The number of hydrogen-bond acceptors (Lipinski definition) is 3. The van der Waals surface area contributed by atoms with Gasteiger partial charge < -0.3 is 15.5 Å². The molecule has 0 aromatic heterocycles. The lowest BCUT2D eigenvalue weighted by atomic mass is 10.0. The van der Waals surface area contributed by atoms with E-state index in [1.165, 1.54) is 0 Å². The summed E-state index contributed by atoms with van der Waals surface area (Å²) in [5.41, 5.74) is 0. The van der Waals surface area contributed by atoms with Crippen molar-refractivity contribution in [3.05, 3.63) is 0 Å². The van der Waals surface area contributed by atoms with E-state index < -0.39 is 0 Å². The Morgan fingerprint density at radius 2 is 2.25 bits per heavy atom. The lowest BCUT2D eigenvalue weighted by Gasteiger charge is -2.17. The Morgan fingerprint density at radius 3 is 2.94 bits per heavy atom. The fourth-order valence-electron chi connectivity index (χ4n) is 2.13. The van der Waals surface area contributed by atoms with Gasteiger partial charge in [0.2, 0.25) is 5.91 Å². The van der Waals surface area contributed by atoms with Crippen LogP contribution in [0.1, 0.15) is 12.8 Å². The third kappa shape index (κ3) is 2.26. The second-order valence-electron chi connectivity index (χ2n) is 4.45. The molecule has 5 nitrogen and oxygen atoms in total. The molecule has 6 heteroatoms. The quantitative estimate of drug-likeness (QED) is 0.687. The zero-order valence-electron chi connectivity index (χ0n) is 9.53. The summed E-state index contributed by atoms with van der Waals surface area (Å²) in [6.45, 7) is 0. The van der Waals surface area contributed by atoms with Gasteiger partial charge in [0.15, 0.2) is 0 Å². The Kier molecular flexibility index (Phi) is 3.28. The van der Waals surface area contributed by atoms with E-state index in [-0.39, 0.29) is 24.0 Å². The van der Waals surface area contributed by atoms with E-state index in [2.05, 4.69) is 10.6 Å². The molecule has 0 aromatic carbocycles. The van der Waals surface area contributed by atoms with Crippen LogP contribution < -0.4 is 10.6 Å². The van der Waals surface area contributed by atoms with Gasteiger partial charge >= 0.3 is 6.03 Å². The first-order valence-electron chi connectivity index (χ1n) is 5.46. The van der Waals surface area contributed by atoms with E-state index in [4.69, 9.17) is 0 Å². The minimum absolute atomic E-state index is 0.0702. The average Bonchev–Trinajstić information content (AvgIpc) is 2.73. The summed E-state index contributed by atoms with van der Waals surface area (Å²) in [6.07, 6.45) is 1.40. The minimum Gasteiger partial charge on any atom is -0.349 e. The highest BCUT2D eigenvalue weighted by molar-refractivity contribution is 8.00. The fourth-order valence-corrected chi connectivity index (χ4v) is 3.63. The molecule has 0 radical (unpaired) electrons. The summed E-state index contributed by atoms with van der Waals surface area (Å²) < 4.78 is 0. The predicted molar refractivity (Wildman–Crippen MR) is 63.4 cm³/mol. The van der Waals surface area contributed by atoms with Gasteiger partial charge in [-0.15, -0.1) is 0 Å². The van der Waals surface area contributed by atoms with Crippen LogP contribution in [-0.2, 0) is 4.79 Å².